The quantitative estimate of drug-likeness (QED) is 0.456. The third-order valence-electron chi connectivity index (χ3n) is 0. The normalized spacial score (nSPS) is 0. The molecule has 0 N–H and O–H groups in total. The van der Waals surface area contributed by atoms with Crippen LogP contribution in [0.15, 0.2) is 0 Å². The second-order valence-electron chi connectivity index (χ2n) is 0. The summed E-state index contributed by atoms with van der Waals surface area (Å²) in [6.07, 6.45) is 0. The second kappa shape index (κ2) is 20.4. The molecule has 4 heavy (non-hydrogen) atoms. The maximum Gasteiger partial charge on any atom is 0 e. The monoisotopic (exact) mass is 245 g/mol. The molecule has 0 fully saturated rings. The largest absolute Gasteiger partial charge is 0.0149 e. The summed E-state index contributed by atoms with van der Waals surface area (Å²) in [5, 5.41) is 0. The fraction of sp³-hybridized carbons (Fsp3) is 0. The van der Waals surface area contributed by atoms with Gasteiger partial charge in [-0.15, -0.1) is 0 Å². The fourth-order valence-corrected chi connectivity index (χ4v) is 0. The molecule has 0 aromatic rings. The van der Waals surface area contributed by atoms with E-state index in [0.29, 0.717) is 0 Å². The van der Waals surface area contributed by atoms with Gasteiger partial charge in [-0.2, -0.15) is 0 Å². The first-order valence-electron chi connectivity index (χ1n) is 0. The molecule has 0 spiro atoms. The van der Waals surface area contributed by atoms with Crippen LogP contribution < -0.4 is 0 Å². The molecular formula is H4CoFeMoSi. The Morgan fingerprint density at radius 3 is 1.00 bits per heavy atom. The van der Waals surface area contributed by atoms with Gasteiger partial charge in [0.1, 0.15) is 0 Å². The number of hydrogen-bond acceptors (Lipinski definition) is 0. The van der Waals surface area contributed by atoms with Crippen molar-refractivity contribution in [2.45, 2.75) is 0 Å². The van der Waals surface area contributed by atoms with E-state index in [1.54, 1.807) is 0 Å². The summed E-state index contributed by atoms with van der Waals surface area (Å²) >= 11 is 0. The van der Waals surface area contributed by atoms with Crippen molar-refractivity contribution in [1.29, 1.82) is 0 Å². The van der Waals surface area contributed by atoms with E-state index in [1.165, 1.54) is 0 Å². The van der Waals surface area contributed by atoms with Crippen molar-refractivity contribution in [3.63, 3.8) is 0 Å². The van der Waals surface area contributed by atoms with Crippen LogP contribution in [0.4, 0.5) is 0 Å². The molecule has 0 aliphatic rings. The molecule has 0 aliphatic carbocycles. The predicted molar refractivity (Wildman–Crippen MR) is 11.3 cm³/mol. The van der Waals surface area contributed by atoms with Crippen LogP contribution in [0.1, 0.15) is 0 Å². The van der Waals surface area contributed by atoms with E-state index < -0.39 is 0 Å². The molecule has 0 aliphatic heterocycles. The van der Waals surface area contributed by atoms with Crippen molar-refractivity contribution in [1.82, 2.24) is 0 Å². The Kier molecular flexibility index (Phi) is 198. The molecule has 0 aromatic heterocycles. The molecule has 0 saturated heterocycles. The van der Waals surface area contributed by atoms with Gasteiger partial charge in [-0.05, 0) is 11.0 Å². The maximum atomic E-state index is 0. The predicted octanol–water partition coefficient (Wildman–Crippen LogP) is -1.46. The summed E-state index contributed by atoms with van der Waals surface area (Å²) in [5.74, 6) is 0. The van der Waals surface area contributed by atoms with Gasteiger partial charge >= 0.3 is 0 Å². The van der Waals surface area contributed by atoms with Crippen molar-refractivity contribution in [2.24, 2.45) is 0 Å². The molecule has 31 valence electrons. The molecule has 0 saturated carbocycles. The van der Waals surface area contributed by atoms with Gasteiger partial charge in [-0.25, -0.2) is 0 Å². The van der Waals surface area contributed by atoms with Crippen LogP contribution in [0.3, 0.4) is 0 Å². The first kappa shape index (κ1) is 38.7. The maximum absolute atomic E-state index is 0. The van der Waals surface area contributed by atoms with Gasteiger partial charge in [-0.3, -0.25) is 0 Å². The van der Waals surface area contributed by atoms with Crippen LogP contribution in [0.2, 0.25) is 0 Å². The summed E-state index contributed by atoms with van der Waals surface area (Å²) in [5.41, 5.74) is 0. The van der Waals surface area contributed by atoms with E-state index in [-0.39, 0.29) is 65.9 Å². The molecule has 0 nitrogen and oxygen atoms in total. The Bertz CT molecular complexity index is 8.00. The summed E-state index contributed by atoms with van der Waals surface area (Å²) in [7, 11) is 0. The van der Waals surface area contributed by atoms with Crippen molar-refractivity contribution >= 4 is 11.0 Å². The fourth-order valence-electron chi connectivity index (χ4n) is 0. The Morgan fingerprint density at radius 1 is 1.00 bits per heavy atom. The molecule has 0 atom stereocenters. The summed E-state index contributed by atoms with van der Waals surface area (Å²) in [4.78, 5) is 0. The van der Waals surface area contributed by atoms with Crippen molar-refractivity contribution in [2.75, 3.05) is 0 Å². The minimum absolute atomic E-state index is 0. The third-order valence-corrected chi connectivity index (χ3v) is 0. The summed E-state index contributed by atoms with van der Waals surface area (Å²) in [6.45, 7) is 0. The average molecular weight is 243 g/mol. The SMILES string of the molecule is [Co].[Fe].[Mo].[SiH4]. The van der Waals surface area contributed by atoms with Gasteiger partial charge in [0.05, 0.1) is 0 Å². The van der Waals surface area contributed by atoms with E-state index in [0.717, 1.165) is 0 Å². The van der Waals surface area contributed by atoms with Crippen molar-refractivity contribution < 1.29 is 54.9 Å². The first-order chi connectivity index (χ1) is 0. The smallest absolute Gasteiger partial charge is 0 e. The van der Waals surface area contributed by atoms with Gasteiger partial charge in [0.15, 0.2) is 0 Å². The Hall–Kier alpha value is 1.93. The van der Waals surface area contributed by atoms with Crippen LogP contribution in [0.5, 0.6) is 0 Å². The van der Waals surface area contributed by atoms with Gasteiger partial charge < -0.3 is 0 Å². The van der Waals surface area contributed by atoms with Crippen LogP contribution in [0, 0.1) is 0 Å². The first-order valence-corrected chi connectivity index (χ1v) is 0. The van der Waals surface area contributed by atoms with Crippen LogP contribution >= 0.6 is 0 Å². The van der Waals surface area contributed by atoms with E-state index in [4.69, 9.17) is 0 Å². The Balaban J connectivity index is 0. The van der Waals surface area contributed by atoms with Crippen molar-refractivity contribution in [3.8, 4) is 0 Å². The average Bonchev–Trinajstić information content (AvgIpc) is 0. The summed E-state index contributed by atoms with van der Waals surface area (Å²) in [6, 6.07) is 0. The second-order valence-corrected chi connectivity index (χ2v) is 0. The zero-order chi connectivity index (χ0) is 0. The summed E-state index contributed by atoms with van der Waals surface area (Å²) < 4.78 is 0. The van der Waals surface area contributed by atoms with Crippen LogP contribution in [0.25, 0.3) is 0 Å². The number of rotatable bonds is 0. The van der Waals surface area contributed by atoms with Crippen LogP contribution in [-0.4, -0.2) is 11.0 Å². The molecule has 4 heteroatoms. The third kappa shape index (κ3) is 9.06. The minimum Gasteiger partial charge on any atom is -0.0149 e. The molecule has 0 heterocycles. The molecular weight excluding hydrogens is 239 g/mol. The zero-order valence-corrected chi connectivity index (χ0v) is 5.25. The Morgan fingerprint density at radius 2 is 1.00 bits per heavy atom. The van der Waals surface area contributed by atoms with E-state index in [2.05, 4.69) is 0 Å². The molecule has 0 rings (SSSR count). The van der Waals surface area contributed by atoms with Gasteiger partial charge in [0, 0.05) is 54.9 Å². The van der Waals surface area contributed by atoms with Gasteiger partial charge in [0.25, 0.3) is 0 Å². The van der Waals surface area contributed by atoms with E-state index in [1.807, 2.05) is 0 Å². The zero-order valence-electron chi connectivity index (χ0n) is 1.10. The van der Waals surface area contributed by atoms with Crippen molar-refractivity contribution in [3.05, 3.63) is 0 Å². The molecule has 0 bridgehead atoms. The number of hydrogen-bond donors (Lipinski definition) is 0. The Labute approximate surface area is 65.4 Å². The molecule has 1 radical (unpaired) electrons. The minimum atomic E-state index is 0. The van der Waals surface area contributed by atoms with Crippen LogP contribution in [-0.2, 0) is 54.9 Å². The topological polar surface area (TPSA) is 0 Å². The molecule has 0 unspecified atom stereocenters. The standard InChI is InChI=1S/Co.Fe.Mo.H4Si/h;;;1H4. The molecule has 0 aromatic carbocycles. The van der Waals surface area contributed by atoms with E-state index in [9.17, 15) is 0 Å². The van der Waals surface area contributed by atoms with Gasteiger partial charge in [-0.1, -0.05) is 0 Å². The van der Waals surface area contributed by atoms with E-state index >= 15 is 0 Å². The van der Waals surface area contributed by atoms with Gasteiger partial charge in [0.2, 0.25) is 0 Å². The molecule has 0 amide bonds.